The van der Waals surface area contributed by atoms with Crippen LogP contribution >= 0.6 is 0 Å². The van der Waals surface area contributed by atoms with E-state index in [1.807, 2.05) is 6.92 Å². The molecular weight excluding hydrogens is 156 g/mol. The van der Waals surface area contributed by atoms with Gasteiger partial charge >= 0.3 is 5.97 Å². The third kappa shape index (κ3) is 2.06. The van der Waals surface area contributed by atoms with Crippen LogP contribution in [0.2, 0.25) is 6.04 Å². The Morgan fingerprint density at radius 2 is 2.45 bits per heavy atom. The molecule has 1 aliphatic heterocycles. The van der Waals surface area contributed by atoms with Crippen LogP contribution in [0.25, 0.3) is 0 Å². The number of ether oxygens (including phenoxy) is 1. The van der Waals surface area contributed by atoms with Gasteiger partial charge in [-0.25, -0.2) is 0 Å². The van der Waals surface area contributed by atoms with Crippen LogP contribution in [0, 0.1) is 11.8 Å². The third-order valence-electron chi connectivity index (χ3n) is 2.27. The van der Waals surface area contributed by atoms with Crippen LogP contribution in [0.1, 0.15) is 19.8 Å². The third-order valence-corrected chi connectivity index (χ3v) is 2.62. The molecule has 0 N–H and O–H groups in total. The van der Waals surface area contributed by atoms with Crippen LogP contribution in [0.3, 0.4) is 0 Å². The topological polar surface area (TPSA) is 26.3 Å². The summed E-state index contributed by atoms with van der Waals surface area (Å²) in [5, 5.41) is 0. The Labute approximate surface area is 70.7 Å². The molecule has 1 rings (SSSR count). The van der Waals surface area contributed by atoms with E-state index in [4.69, 9.17) is 4.74 Å². The van der Waals surface area contributed by atoms with Crippen LogP contribution < -0.4 is 0 Å². The molecule has 0 spiro atoms. The first-order chi connectivity index (χ1) is 5.25. The van der Waals surface area contributed by atoms with Gasteiger partial charge in [-0.1, -0.05) is 19.4 Å². The summed E-state index contributed by atoms with van der Waals surface area (Å²) in [6.07, 6.45) is 2.22. The van der Waals surface area contributed by atoms with E-state index in [1.165, 1.54) is 0 Å². The molecule has 1 saturated heterocycles. The van der Waals surface area contributed by atoms with Crippen molar-refractivity contribution in [2.45, 2.75) is 25.8 Å². The monoisotopic (exact) mass is 169 g/mol. The van der Waals surface area contributed by atoms with Crippen molar-refractivity contribution in [3.63, 3.8) is 0 Å². The van der Waals surface area contributed by atoms with Gasteiger partial charge in [-0.2, -0.15) is 0 Å². The number of esters is 1. The maximum absolute atomic E-state index is 10.9. The molecule has 0 aromatic heterocycles. The predicted molar refractivity (Wildman–Crippen MR) is 43.4 cm³/mol. The van der Waals surface area contributed by atoms with Gasteiger partial charge in [-0.15, -0.1) is 0 Å². The largest absolute Gasteiger partial charge is 0.465 e. The molecular formula is C8H13O2Si. The minimum atomic E-state index is -0.0241. The van der Waals surface area contributed by atoms with Gasteiger partial charge in [0.15, 0.2) is 0 Å². The highest BCUT2D eigenvalue weighted by atomic mass is 28.1. The van der Waals surface area contributed by atoms with Crippen molar-refractivity contribution < 1.29 is 9.53 Å². The SMILES string of the molecule is CC1C(=O)OCC1CCC[Si]. The average Bonchev–Trinajstić information content (AvgIpc) is 2.31. The first-order valence-corrected chi connectivity index (χ1v) is 4.77. The van der Waals surface area contributed by atoms with E-state index >= 15 is 0 Å². The Morgan fingerprint density at radius 1 is 1.73 bits per heavy atom. The van der Waals surface area contributed by atoms with E-state index in [2.05, 4.69) is 10.2 Å². The Kier molecular flexibility index (Phi) is 3.11. The number of rotatable bonds is 3. The fourth-order valence-electron chi connectivity index (χ4n) is 1.35. The van der Waals surface area contributed by atoms with E-state index in [1.54, 1.807) is 0 Å². The zero-order valence-electron chi connectivity index (χ0n) is 6.80. The highest BCUT2D eigenvalue weighted by molar-refractivity contribution is 6.08. The van der Waals surface area contributed by atoms with Gasteiger partial charge in [0, 0.05) is 16.2 Å². The second-order valence-electron chi connectivity index (χ2n) is 3.07. The quantitative estimate of drug-likeness (QED) is 0.468. The molecule has 61 valence electrons. The van der Waals surface area contributed by atoms with Crippen molar-refractivity contribution in [3.05, 3.63) is 0 Å². The summed E-state index contributed by atoms with van der Waals surface area (Å²) in [6.45, 7) is 2.58. The minimum absolute atomic E-state index is 0.0241. The lowest BCUT2D eigenvalue weighted by molar-refractivity contribution is -0.140. The predicted octanol–water partition coefficient (Wildman–Crippen LogP) is 1.16. The Bertz CT molecular complexity index is 147. The Hall–Kier alpha value is -0.313. The lowest BCUT2D eigenvalue weighted by Crippen LogP contribution is -2.11. The molecule has 0 aromatic rings. The summed E-state index contributed by atoms with van der Waals surface area (Å²) in [5.74, 6) is 0.552. The maximum atomic E-state index is 10.9. The lowest BCUT2D eigenvalue weighted by atomic mass is 9.93. The molecule has 0 saturated carbocycles. The molecule has 3 radical (unpaired) electrons. The first-order valence-electron chi connectivity index (χ1n) is 4.07. The fraction of sp³-hybridized carbons (Fsp3) is 0.875. The number of hydrogen-bond acceptors (Lipinski definition) is 2. The van der Waals surface area contributed by atoms with Gasteiger partial charge < -0.3 is 4.74 Å². The van der Waals surface area contributed by atoms with Crippen molar-refractivity contribution in [2.24, 2.45) is 11.8 Å². The first kappa shape index (κ1) is 8.78. The van der Waals surface area contributed by atoms with Crippen LogP contribution in [0.4, 0.5) is 0 Å². The van der Waals surface area contributed by atoms with Gasteiger partial charge in [0.25, 0.3) is 0 Å². The molecule has 2 unspecified atom stereocenters. The highest BCUT2D eigenvalue weighted by Gasteiger charge is 2.31. The van der Waals surface area contributed by atoms with Gasteiger partial charge in [0.2, 0.25) is 0 Å². The summed E-state index contributed by atoms with van der Waals surface area (Å²) < 4.78 is 4.92. The molecule has 1 heterocycles. The Morgan fingerprint density at radius 3 is 2.91 bits per heavy atom. The molecule has 1 fully saturated rings. The molecule has 2 nitrogen and oxygen atoms in total. The molecule has 2 atom stereocenters. The molecule has 3 heteroatoms. The van der Waals surface area contributed by atoms with Crippen LogP contribution in [-0.2, 0) is 9.53 Å². The summed E-state index contributed by atoms with van der Waals surface area (Å²) in [4.78, 5) is 10.9. The zero-order valence-corrected chi connectivity index (χ0v) is 7.80. The molecule has 0 aliphatic carbocycles. The summed E-state index contributed by atoms with van der Waals surface area (Å²) in [7, 11) is 3.41. The average molecular weight is 169 g/mol. The van der Waals surface area contributed by atoms with Gasteiger partial charge in [0.1, 0.15) is 0 Å². The molecule has 1 aliphatic rings. The molecule has 11 heavy (non-hydrogen) atoms. The number of hydrogen-bond donors (Lipinski definition) is 0. The fourth-order valence-corrected chi connectivity index (χ4v) is 1.56. The second kappa shape index (κ2) is 3.90. The smallest absolute Gasteiger partial charge is 0.309 e. The number of carbonyl (C=O) groups excluding carboxylic acids is 1. The zero-order chi connectivity index (χ0) is 8.27. The minimum Gasteiger partial charge on any atom is -0.465 e. The number of cyclic esters (lactones) is 1. The van der Waals surface area contributed by atoms with Gasteiger partial charge in [-0.3, -0.25) is 4.79 Å². The van der Waals surface area contributed by atoms with Crippen molar-refractivity contribution in [3.8, 4) is 0 Å². The summed E-state index contributed by atoms with van der Waals surface area (Å²) in [6, 6.07) is 1.01. The van der Waals surface area contributed by atoms with E-state index in [9.17, 15) is 4.79 Å². The van der Waals surface area contributed by atoms with E-state index < -0.39 is 0 Å². The van der Waals surface area contributed by atoms with Crippen molar-refractivity contribution in [1.82, 2.24) is 0 Å². The maximum Gasteiger partial charge on any atom is 0.309 e. The number of carbonyl (C=O) groups is 1. The standard InChI is InChI=1S/C8H13O2Si/c1-6-7(3-2-4-11)5-10-8(6)9/h6-7H,2-5H2,1H3. The van der Waals surface area contributed by atoms with Gasteiger partial charge in [-0.05, 0) is 6.42 Å². The molecule has 0 amide bonds. The van der Waals surface area contributed by atoms with Crippen molar-refractivity contribution >= 4 is 16.2 Å². The van der Waals surface area contributed by atoms with Gasteiger partial charge in [0.05, 0.1) is 12.5 Å². The van der Waals surface area contributed by atoms with E-state index in [0.29, 0.717) is 12.5 Å². The Balaban J connectivity index is 2.30. The molecule has 0 bridgehead atoms. The molecule has 0 aromatic carbocycles. The summed E-state index contributed by atoms with van der Waals surface area (Å²) >= 11 is 0. The second-order valence-corrected chi connectivity index (χ2v) is 3.57. The van der Waals surface area contributed by atoms with Crippen molar-refractivity contribution in [2.75, 3.05) is 6.61 Å². The van der Waals surface area contributed by atoms with Crippen LogP contribution in [-0.4, -0.2) is 22.8 Å². The highest BCUT2D eigenvalue weighted by Crippen LogP contribution is 2.25. The normalized spacial score (nSPS) is 30.5. The summed E-state index contributed by atoms with van der Waals surface area (Å²) in [5.41, 5.74) is 0. The lowest BCUT2D eigenvalue weighted by Gasteiger charge is -2.08. The van der Waals surface area contributed by atoms with E-state index in [0.717, 1.165) is 18.9 Å². The van der Waals surface area contributed by atoms with E-state index in [-0.39, 0.29) is 11.9 Å². The van der Waals surface area contributed by atoms with Crippen LogP contribution in [0.5, 0.6) is 0 Å². The van der Waals surface area contributed by atoms with Crippen LogP contribution in [0.15, 0.2) is 0 Å². The van der Waals surface area contributed by atoms with Crippen molar-refractivity contribution in [1.29, 1.82) is 0 Å².